The third kappa shape index (κ3) is 8.29. The van der Waals surface area contributed by atoms with Crippen LogP contribution in [-0.2, 0) is 4.79 Å². The van der Waals surface area contributed by atoms with Crippen molar-refractivity contribution in [3.05, 3.63) is 0 Å². The van der Waals surface area contributed by atoms with E-state index in [9.17, 15) is 4.79 Å². The molecule has 120 valence electrons. The number of thiol groups is 4. The van der Waals surface area contributed by atoms with Crippen molar-refractivity contribution >= 4 is 56.5 Å². The molecule has 0 aliphatic rings. The van der Waals surface area contributed by atoms with Gasteiger partial charge in [0, 0.05) is 16.9 Å². The van der Waals surface area contributed by atoms with Gasteiger partial charge in [0.1, 0.15) is 0 Å². The summed E-state index contributed by atoms with van der Waals surface area (Å²) in [5, 5.41) is 8.80. The first kappa shape index (κ1) is 20.8. The molecule has 4 atom stereocenters. The predicted molar refractivity (Wildman–Crippen MR) is 98.9 cm³/mol. The van der Waals surface area contributed by atoms with Gasteiger partial charge in [0.05, 0.1) is 10.7 Å². The second kappa shape index (κ2) is 10.5. The first-order valence-corrected chi connectivity index (χ1v) is 8.54. The van der Waals surface area contributed by atoms with Gasteiger partial charge < -0.3 is 5.11 Å². The van der Waals surface area contributed by atoms with E-state index in [1.54, 1.807) is 0 Å². The first-order chi connectivity index (χ1) is 9.16. The number of carboxylic acid groups (broad SMARTS) is 1. The van der Waals surface area contributed by atoms with Crippen LogP contribution < -0.4 is 0 Å². The van der Waals surface area contributed by atoms with Crippen LogP contribution >= 0.6 is 50.5 Å². The van der Waals surface area contributed by atoms with Crippen LogP contribution in [0.3, 0.4) is 0 Å². The number of carboxylic acids is 1. The topological polar surface area (TPSA) is 43.8 Å². The first-order valence-electron chi connectivity index (χ1n) is 6.47. The second-order valence-corrected chi connectivity index (χ2v) is 7.52. The predicted octanol–water partition coefficient (Wildman–Crippen LogP) is 1.84. The summed E-state index contributed by atoms with van der Waals surface area (Å²) in [7, 11) is 5.86. The van der Waals surface area contributed by atoms with Crippen molar-refractivity contribution in [1.29, 1.82) is 0 Å². The van der Waals surface area contributed by atoms with Crippen LogP contribution in [0.25, 0.3) is 0 Å². The van der Waals surface area contributed by atoms with Crippen LogP contribution in [0.4, 0.5) is 0 Å². The van der Waals surface area contributed by atoms with Gasteiger partial charge in [-0.05, 0) is 40.5 Å². The molecule has 1 N–H and O–H groups in total. The molecule has 4 nitrogen and oxygen atoms in total. The zero-order valence-electron chi connectivity index (χ0n) is 12.2. The molecule has 0 spiro atoms. The molecule has 0 amide bonds. The summed E-state index contributed by atoms with van der Waals surface area (Å²) in [5.41, 5.74) is 0. The van der Waals surface area contributed by atoms with Gasteiger partial charge in [-0.15, -0.1) is 0 Å². The molecule has 0 fully saturated rings. The fourth-order valence-corrected chi connectivity index (χ4v) is 3.21. The molecule has 0 saturated carbocycles. The molecule has 0 aliphatic heterocycles. The Hall–Kier alpha value is 0.790. The summed E-state index contributed by atoms with van der Waals surface area (Å²) in [5.74, 6) is -0.768. The van der Waals surface area contributed by atoms with Gasteiger partial charge in [0.2, 0.25) is 0 Å². The normalized spacial score (nSPS) is 18.1. The summed E-state index contributed by atoms with van der Waals surface area (Å²) in [6.45, 7) is 0.687. The van der Waals surface area contributed by atoms with E-state index < -0.39 is 5.97 Å². The highest BCUT2D eigenvalue weighted by molar-refractivity contribution is 7.86. The highest BCUT2D eigenvalue weighted by Crippen LogP contribution is 2.24. The van der Waals surface area contributed by atoms with Gasteiger partial charge >= 0.3 is 5.97 Å². The van der Waals surface area contributed by atoms with Crippen molar-refractivity contribution in [3.8, 4) is 0 Å². The maximum absolute atomic E-state index is 10.5. The van der Waals surface area contributed by atoms with Crippen molar-refractivity contribution in [2.75, 3.05) is 27.7 Å². The minimum Gasteiger partial charge on any atom is -0.481 e. The van der Waals surface area contributed by atoms with Crippen LogP contribution in [0.15, 0.2) is 0 Å². The smallest absolute Gasteiger partial charge is 0.303 e. The zero-order chi connectivity index (χ0) is 15.9. The van der Waals surface area contributed by atoms with E-state index in [0.717, 1.165) is 6.42 Å². The molecule has 0 aliphatic carbocycles. The molecular formula is C12H26N2O2S4. The monoisotopic (exact) mass is 358 g/mol. The minimum absolute atomic E-state index is 0.0375. The molecule has 0 bridgehead atoms. The Morgan fingerprint density at radius 3 is 2.00 bits per heavy atom. The van der Waals surface area contributed by atoms with E-state index in [-0.39, 0.29) is 27.7 Å². The number of carbonyl (C=O) groups is 1. The molecule has 8 heteroatoms. The molecule has 0 heterocycles. The third-order valence-electron chi connectivity index (χ3n) is 3.05. The van der Waals surface area contributed by atoms with Gasteiger partial charge in [-0.25, -0.2) is 0 Å². The summed E-state index contributed by atoms with van der Waals surface area (Å²) in [6, 6.07) is 0. The average Bonchev–Trinajstić information content (AvgIpc) is 2.35. The van der Waals surface area contributed by atoms with Gasteiger partial charge in [0.25, 0.3) is 0 Å². The molecule has 0 aromatic carbocycles. The standard InChI is InChI=1S/C12H26N2O2S4/c1-13(2)11(19)8(17)7-9(18)12(20)14(3)6-4-5-10(15)16/h8-9,11-12,17-20H,4-7H2,1-3H3,(H,15,16). The summed E-state index contributed by atoms with van der Waals surface area (Å²) >= 11 is 18.2. The number of nitrogens with zero attached hydrogens (tertiary/aromatic N) is 2. The highest BCUT2D eigenvalue weighted by atomic mass is 32.1. The fraction of sp³-hybridized carbons (Fsp3) is 0.917. The Labute approximate surface area is 144 Å². The van der Waals surface area contributed by atoms with Gasteiger partial charge in [-0.1, -0.05) is 0 Å². The molecular weight excluding hydrogens is 332 g/mol. The van der Waals surface area contributed by atoms with E-state index >= 15 is 0 Å². The summed E-state index contributed by atoms with van der Waals surface area (Å²) in [6.07, 6.45) is 1.56. The van der Waals surface area contributed by atoms with Crippen LogP contribution in [0, 0.1) is 0 Å². The second-order valence-electron chi connectivity index (χ2n) is 5.14. The van der Waals surface area contributed by atoms with Crippen LogP contribution in [-0.4, -0.2) is 69.8 Å². The Kier molecular flexibility index (Phi) is 10.9. The van der Waals surface area contributed by atoms with Crippen molar-refractivity contribution in [1.82, 2.24) is 9.80 Å². The quantitative estimate of drug-likeness (QED) is 0.305. The molecule has 0 saturated heterocycles. The average molecular weight is 359 g/mol. The van der Waals surface area contributed by atoms with Crippen molar-refractivity contribution in [2.24, 2.45) is 0 Å². The van der Waals surface area contributed by atoms with Crippen molar-refractivity contribution in [3.63, 3.8) is 0 Å². The largest absolute Gasteiger partial charge is 0.481 e. The number of hydrogen-bond acceptors (Lipinski definition) is 7. The highest BCUT2D eigenvalue weighted by Gasteiger charge is 2.25. The third-order valence-corrected chi connectivity index (χ3v) is 6.09. The van der Waals surface area contributed by atoms with E-state index in [0.29, 0.717) is 13.0 Å². The molecule has 0 radical (unpaired) electrons. The maximum atomic E-state index is 10.5. The molecule has 0 aromatic rings. The van der Waals surface area contributed by atoms with Crippen LogP contribution in [0.5, 0.6) is 0 Å². The van der Waals surface area contributed by atoms with Gasteiger partial charge in [-0.2, -0.15) is 50.5 Å². The van der Waals surface area contributed by atoms with Crippen LogP contribution in [0.2, 0.25) is 0 Å². The fourth-order valence-electron chi connectivity index (χ4n) is 1.74. The van der Waals surface area contributed by atoms with E-state index in [1.165, 1.54) is 0 Å². The Balaban J connectivity index is 4.18. The summed E-state index contributed by atoms with van der Waals surface area (Å²) in [4.78, 5) is 14.5. The molecule has 0 rings (SSSR count). The lowest BCUT2D eigenvalue weighted by molar-refractivity contribution is -0.137. The minimum atomic E-state index is -0.768. The lowest BCUT2D eigenvalue weighted by Gasteiger charge is -2.32. The van der Waals surface area contributed by atoms with Crippen LogP contribution in [0.1, 0.15) is 19.3 Å². The molecule has 0 aromatic heterocycles. The lowest BCUT2D eigenvalue weighted by atomic mass is 10.2. The molecule has 20 heavy (non-hydrogen) atoms. The number of rotatable bonds is 10. The SMILES string of the molecule is CN(C)C(S)C(S)CC(S)C(S)N(C)CCCC(=O)O. The van der Waals surface area contributed by atoms with Crippen molar-refractivity contribution < 1.29 is 9.90 Å². The van der Waals surface area contributed by atoms with Gasteiger partial charge in [-0.3, -0.25) is 14.6 Å². The van der Waals surface area contributed by atoms with E-state index in [2.05, 4.69) is 50.5 Å². The Morgan fingerprint density at radius 2 is 1.55 bits per heavy atom. The maximum Gasteiger partial charge on any atom is 0.303 e. The van der Waals surface area contributed by atoms with Crippen molar-refractivity contribution in [2.45, 2.75) is 40.5 Å². The number of hydrogen-bond donors (Lipinski definition) is 5. The zero-order valence-corrected chi connectivity index (χ0v) is 15.8. The summed E-state index contributed by atoms with van der Waals surface area (Å²) < 4.78 is 0. The van der Waals surface area contributed by atoms with Gasteiger partial charge in [0.15, 0.2) is 0 Å². The Morgan fingerprint density at radius 1 is 1.05 bits per heavy atom. The lowest BCUT2D eigenvalue weighted by Crippen LogP contribution is -2.39. The number of aliphatic carboxylic acids is 1. The van der Waals surface area contributed by atoms with E-state index in [1.807, 2.05) is 30.9 Å². The molecule has 4 unspecified atom stereocenters. The van der Waals surface area contributed by atoms with E-state index in [4.69, 9.17) is 5.11 Å². The Bertz CT molecular complexity index is 295.